The molecule has 45 heavy (non-hydrogen) atoms. The van der Waals surface area contributed by atoms with Gasteiger partial charge in [-0.15, -0.1) is 28.5 Å². The number of hydrogen-bond acceptors (Lipinski definition) is 11. The standard InChI is InChI=1S/C26H24F3N7O3S.CH4O3S/c27-26(28,29)39-20-9-5-6-17(14-20)15-22(37)31-21-12-11-18(33-34-21)7-1-2-10-24-35-36-25(40-24)32-23(38)16-19-8-3-4-13-30-19;1-5(2,3)4/h3-6,8-9,11-14H,1-2,7,10,15-16H2,(H,31,34,37)(H,32,36,38);1H3,(H,2,3,4). The summed E-state index contributed by atoms with van der Waals surface area (Å²) < 4.78 is 66.9. The van der Waals surface area contributed by atoms with Crippen LogP contribution in [0.3, 0.4) is 0 Å². The van der Waals surface area contributed by atoms with Crippen molar-refractivity contribution >= 4 is 44.2 Å². The third-order valence-electron chi connectivity index (χ3n) is 5.34. The quantitative estimate of drug-likeness (QED) is 0.146. The molecule has 0 aliphatic rings. The van der Waals surface area contributed by atoms with Crippen molar-refractivity contribution in [3.8, 4) is 5.75 Å². The van der Waals surface area contributed by atoms with Crippen molar-refractivity contribution in [1.82, 2.24) is 25.4 Å². The van der Waals surface area contributed by atoms with E-state index < -0.39 is 28.1 Å². The lowest BCUT2D eigenvalue weighted by Gasteiger charge is -2.10. The first kappa shape index (κ1) is 34.9. The lowest BCUT2D eigenvalue weighted by molar-refractivity contribution is -0.274. The highest BCUT2D eigenvalue weighted by Gasteiger charge is 2.31. The van der Waals surface area contributed by atoms with E-state index in [9.17, 15) is 31.2 Å². The third kappa shape index (κ3) is 15.1. The summed E-state index contributed by atoms with van der Waals surface area (Å²) in [6.45, 7) is 0. The van der Waals surface area contributed by atoms with Crippen LogP contribution in [0.15, 0.2) is 60.8 Å². The molecule has 0 saturated heterocycles. The number of carbonyl (C=O) groups is 2. The number of unbranched alkanes of at least 4 members (excludes halogenated alkanes) is 1. The monoisotopic (exact) mass is 667 g/mol. The predicted octanol–water partition coefficient (Wildman–Crippen LogP) is 4.05. The Morgan fingerprint density at radius 2 is 1.62 bits per heavy atom. The molecule has 3 heterocycles. The molecule has 0 saturated carbocycles. The van der Waals surface area contributed by atoms with E-state index in [4.69, 9.17) is 4.55 Å². The molecule has 240 valence electrons. The number of pyridine rings is 1. The number of rotatable bonds is 12. The minimum atomic E-state index is -4.81. The second-order valence-corrected chi connectivity index (χ2v) is 11.8. The van der Waals surface area contributed by atoms with Crippen molar-refractivity contribution < 1.29 is 40.5 Å². The number of alkyl halides is 3. The predicted molar refractivity (Wildman–Crippen MR) is 158 cm³/mol. The largest absolute Gasteiger partial charge is 0.573 e. The number of halogens is 3. The molecule has 18 heteroatoms. The van der Waals surface area contributed by atoms with Crippen LogP contribution in [0.4, 0.5) is 24.1 Å². The summed E-state index contributed by atoms with van der Waals surface area (Å²) in [7, 11) is -3.67. The molecule has 0 unspecified atom stereocenters. The zero-order valence-corrected chi connectivity index (χ0v) is 25.3. The Morgan fingerprint density at radius 3 is 2.29 bits per heavy atom. The van der Waals surface area contributed by atoms with Crippen molar-refractivity contribution in [1.29, 1.82) is 0 Å². The van der Waals surface area contributed by atoms with Crippen molar-refractivity contribution in [2.24, 2.45) is 0 Å². The number of ether oxygens (including phenoxy) is 1. The summed E-state index contributed by atoms with van der Waals surface area (Å²) in [6.07, 6.45) is 0.563. The second kappa shape index (κ2) is 16.5. The van der Waals surface area contributed by atoms with Gasteiger partial charge in [-0.1, -0.05) is 29.5 Å². The zero-order valence-electron chi connectivity index (χ0n) is 23.7. The van der Waals surface area contributed by atoms with Crippen molar-refractivity contribution in [2.45, 2.75) is 44.9 Å². The maximum atomic E-state index is 12.4. The molecule has 0 spiro atoms. The van der Waals surface area contributed by atoms with Crippen LogP contribution in [-0.4, -0.2) is 62.8 Å². The number of anilines is 2. The van der Waals surface area contributed by atoms with E-state index in [1.807, 2.05) is 6.07 Å². The van der Waals surface area contributed by atoms with Crippen LogP contribution in [0.2, 0.25) is 0 Å². The summed E-state index contributed by atoms with van der Waals surface area (Å²) in [4.78, 5) is 28.5. The second-order valence-electron chi connectivity index (χ2n) is 9.32. The zero-order chi connectivity index (χ0) is 32.9. The summed E-state index contributed by atoms with van der Waals surface area (Å²) in [6, 6.07) is 14.0. The Hall–Kier alpha value is -4.55. The van der Waals surface area contributed by atoms with Gasteiger partial charge in [0.05, 0.1) is 24.8 Å². The highest BCUT2D eigenvalue weighted by Crippen LogP contribution is 2.23. The fraction of sp³-hybridized carbons (Fsp3) is 0.296. The van der Waals surface area contributed by atoms with E-state index in [0.29, 0.717) is 35.5 Å². The van der Waals surface area contributed by atoms with E-state index in [1.54, 1.807) is 30.5 Å². The Kier molecular flexibility index (Phi) is 12.8. The van der Waals surface area contributed by atoms with Crippen LogP contribution in [-0.2, 0) is 45.4 Å². The molecule has 0 bridgehead atoms. The molecule has 0 fully saturated rings. The number of benzene rings is 1. The molecule has 1 aromatic carbocycles. The average Bonchev–Trinajstić information content (AvgIpc) is 3.37. The maximum absolute atomic E-state index is 12.4. The van der Waals surface area contributed by atoms with E-state index in [0.717, 1.165) is 35.7 Å². The average molecular weight is 668 g/mol. The minimum absolute atomic E-state index is 0.153. The molecular formula is C27H28F3N7O6S2. The van der Waals surface area contributed by atoms with Gasteiger partial charge in [0.2, 0.25) is 16.9 Å². The van der Waals surface area contributed by atoms with Crippen molar-refractivity contribution in [3.63, 3.8) is 0 Å². The summed E-state index contributed by atoms with van der Waals surface area (Å²) in [5.41, 5.74) is 1.78. The number of carbonyl (C=O) groups excluding carboxylic acids is 2. The third-order valence-corrected chi connectivity index (χ3v) is 6.24. The van der Waals surface area contributed by atoms with Gasteiger partial charge in [-0.05, 0) is 61.2 Å². The number of nitrogens with zero attached hydrogens (tertiary/aromatic N) is 5. The smallest absolute Gasteiger partial charge is 0.406 e. The van der Waals surface area contributed by atoms with Crippen LogP contribution in [0.25, 0.3) is 0 Å². The highest BCUT2D eigenvalue weighted by molar-refractivity contribution is 7.85. The normalized spacial score (nSPS) is 11.2. The highest BCUT2D eigenvalue weighted by atomic mass is 32.2. The Balaban J connectivity index is 0.00000102. The summed E-state index contributed by atoms with van der Waals surface area (Å²) >= 11 is 1.33. The lowest BCUT2D eigenvalue weighted by atomic mass is 10.1. The first-order chi connectivity index (χ1) is 21.2. The van der Waals surface area contributed by atoms with Crippen LogP contribution in [0.5, 0.6) is 5.75 Å². The molecule has 4 aromatic rings. The summed E-state index contributed by atoms with van der Waals surface area (Å²) in [5.74, 6) is -0.806. The number of aromatic nitrogens is 5. The molecular weight excluding hydrogens is 639 g/mol. The van der Waals surface area contributed by atoms with Crippen LogP contribution >= 0.6 is 11.3 Å². The Labute approximate surface area is 260 Å². The first-order valence-corrected chi connectivity index (χ1v) is 15.8. The minimum Gasteiger partial charge on any atom is -0.406 e. The van der Waals surface area contributed by atoms with Gasteiger partial charge in [0, 0.05) is 18.3 Å². The van der Waals surface area contributed by atoms with Gasteiger partial charge in [0.25, 0.3) is 10.1 Å². The SMILES string of the molecule is CS(=O)(=O)O.O=C(Cc1cccc(OC(F)(F)F)c1)Nc1ccc(CCCCc2nnc(NC(=O)Cc3ccccn3)s2)nn1. The van der Waals surface area contributed by atoms with Gasteiger partial charge < -0.3 is 15.4 Å². The van der Waals surface area contributed by atoms with E-state index >= 15 is 0 Å². The topological polar surface area (TPSA) is 186 Å². The number of nitrogens with one attached hydrogen (secondary N) is 2. The van der Waals surface area contributed by atoms with E-state index in [2.05, 4.69) is 40.7 Å². The van der Waals surface area contributed by atoms with Crippen LogP contribution in [0.1, 0.15) is 34.8 Å². The maximum Gasteiger partial charge on any atom is 0.573 e. The first-order valence-electron chi connectivity index (χ1n) is 13.1. The molecule has 13 nitrogen and oxygen atoms in total. The van der Waals surface area contributed by atoms with Crippen LogP contribution < -0.4 is 15.4 Å². The van der Waals surface area contributed by atoms with Gasteiger partial charge in [0.15, 0.2) is 5.82 Å². The molecule has 0 radical (unpaired) electrons. The lowest BCUT2D eigenvalue weighted by Crippen LogP contribution is -2.18. The Morgan fingerprint density at radius 1 is 0.889 bits per heavy atom. The molecule has 3 N–H and O–H groups in total. The molecule has 3 aromatic heterocycles. The molecule has 4 rings (SSSR count). The summed E-state index contributed by atoms with van der Waals surface area (Å²) in [5, 5.41) is 22.8. The van der Waals surface area contributed by atoms with Crippen molar-refractivity contribution in [3.05, 3.63) is 82.8 Å². The number of hydrogen-bond donors (Lipinski definition) is 3. The number of aryl methyl sites for hydroxylation is 2. The fourth-order valence-electron chi connectivity index (χ4n) is 3.60. The van der Waals surface area contributed by atoms with Gasteiger partial charge in [0.1, 0.15) is 10.8 Å². The van der Waals surface area contributed by atoms with Crippen LogP contribution in [0, 0.1) is 0 Å². The molecule has 0 aliphatic heterocycles. The Bertz CT molecular complexity index is 1650. The molecule has 0 atom stereocenters. The molecule has 2 amide bonds. The van der Waals surface area contributed by atoms with Gasteiger partial charge in [-0.25, -0.2) is 0 Å². The number of amides is 2. The van der Waals surface area contributed by atoms with E-state index in [1.165, 1.54) is 23.5 Å². The van der Waals surface area contributed by atoms with E-state index in [-0.39, 0.29) is 24.6 Å². The fourth-order valence-corrected chi connectivity index (χ4v) is 4.40. The van der Waals surface area contributed by atoms with Gasteiger partial charge in [-0.3, -0.25) is 19.1 Å². The van der Waals surface area contributed by atoms with Gasteiger partial charge in [-0.2, -0.15) is 13.5 Å². The van der Waals surface area contributed by atoms with Gasteiger partial charge >= 0.3 is 6.36 Å². The molecule has 0 aliphatic carbocycles. The van der Waals surface area contributed by atoms with Crippen molar-refractivity contribution in [2.75, 3.05) is 16.9 Å².